The number of benzene rings is 2. The van der Waals surface area contributed by atoms with Crippen LogP contribution in [-0.4, -0.2) is 0 Å². The SMILES string of the molecule is Brc1ccc(N=NNNc2ccc(Br)cc2)cc1. The molecule has 0 amide bonds. The van der Waals surface area contributed by atoms with Crippen LogP contribution in [0.3, 0.4) is 0 Å². The standard InChI is InChI=1S/C12H10Br2N4/c13-9-1-5-11(6-2-9)15-17-18-16-12-7-3-10(14)4-8-12/h1-8H,(H,15,18)(H,16,17). The number of rotatable bonds is 4. The van der Waals surface area contributed by atoms with E-state index in [4.69, 9.17) is 0 Å². The molecule has 0 aliphatic rings. The summed E-state index contributed by atoms with van der Waals surface area (Å²) in [4.78, 5) is 0. The lowest BCUT2D eigenvalue weighted by Crippen LogP contribution is -2.13. The summed E-state index contributed by atoms with van der Waals surface area (Å²) in [5, 5.41) is 7.83. The number of nitrogens with zero attached hydrogens (tertiary/aromatic N) is 2. The summed E-state index contributed by atoms with van der Waals surface area (Å²) >= 11 is 6.73. The van der Waals surface area contributed by atoms with Gasteiger partial charge in [0, 0.05) is 8.95 Å². The molecule has 2 rings (SSSR count). The van der Waals surface area contributed by atoms with Crippen LogP contribution in [0.15, 0.2) is 67.8 Å². The fourth-order valence-corrected chi connectivity index (χ4v) is 1.74. The molecular formula is C12H10Br2N4. The van der Waals surface area contributed by atoms with Gasteiger partial charge in [0.15, 0.2) is 0 Å². The van der Waals surface area contributed by atoms with Gasteiger partial charge in [-0.1, -0.05) is 37.1 Å². The molecule has 6 heteroatoms. The predicted octanol–water partition coefficient (Wildman–Crippen LogP) is 4.83. The van der Waals surface area contributed by atoms with E-state index in [1.807, 2.05) is 48.5 Å². The first-order chi connectivity index (χ1) is 8.74. The molecule has 2 N–H and O–H groups in total. The fourth-order valence-electron chi connectivity index (χ4n) is 1.21. The Morgan fingerprint density at radius 1 is 0.778 bits per heavy atom. The second-order valence-corrected chi connectivity index (χ2v) is 5.25. The highest BCUT2D eigenvalue weighted by Crippen LogP contribution is 2.17. The summed E-state index contributed by atoms with van der Waals surface area (Å²) in [6.45, 7) is 0. The van der Waals surface area contributed by atoms with Crippen molar-refractivity contribution in [2.24, 2.45) is 10.3 Å². The number of anilines is 1. The first kappa shape index (κ1) is 13.0. The van der Waals surface area contributed by atoms with Gasteiger partial charge in [0.25, 0.3) is 0 Å². The van der Waals surface area contributed by atoms with Crippen molar-refractivity contribution in [3.8, 4) is 0 Å². The maximum Gasteiger partial charge on any atom is 0.0875 e. The van der Waals surface area contributed by atoms with Crippen LogP contribution in [0.5, 0.6) is 0 Å². The van der Waals surface area contributed by atoms with Gasteiger partial charge in [-0.2, -0.15) is 0 Å². The van der Waals surface area contributed by atoms with E-state index < -0.39 is 0 Å². The Balaban J connectivity index is 1.84. The van der Waals surface area contributed by atoms with Crippen LogP contribution in [0.2, 0.25) is 0 Å². The second-order valence-electron chi connectivity index (χ2n) is 3.42. The molecule has 2 aromatic carbocycles. The van der Waals surface area contributed by atoms with Crippen molar-refractivity contribution < 1.29 is 0 Å². The number of hydrazine groups is 1. The van der Waals surface area contributed by atoms with Gasteiger partial charge in [0.05, 0.1) is 11.4 Å². The number of hydrogen-bond acceptors (Lipinski definition) is 3. The van der Waals surface area contributed by atoms with Crippen LogP contribution in [0.4, 0.5) is 11.4 Å². The normalized spacial score (nSPS) is 10.6. The number of halogens is 2. The van der Waals surface area contributed by atoms with Crippen molar-refractivity contribution in [3.05, 3.63) is 57.5 Å². The van der Waals surface area contributed by atoms with Gasteiger partial charge < -0.3 is 0 Å². The zero-order valence-electron chi connectivity index (χ0n) is 9.27. The van der Waals surface area contributed by atoms with Crippen LogP contribution in [-0.2, 0) is 0 Å². The minimum atomic E-state index is 0.781. The van der Waals surface area contributed by atoms with Gasteiger partial charge in [-0.3, -0.25) is 5.43 Å². The third kappa shape index (κ3) is 4.12. The predicted molar refractivity (Wildman–Crippen MR) is 79.6 cm³/mol. The molecule has 18 heavy (non-hydrogen) atoms. The molecule has 0 unspecified atom stereocenters. The van der Waals surface area contributed by atoms with Crippen molar-refractivity contribution in [2.45, 2.75) is 0 Å². The van der Waals surface area contributed by atoms with Gasteiger partial charge in [0.1, 0.15) is 0 Å². The Labute approximate surface area is 122 Å². The molecule has 0 heterocycles. The van der Waals surface area contributed by atoms with Gasteiger partial charge in [0.2, 0.25) is 0 Å². The van der Waals surface area contributed by atoms with E-state index in [9.17, 15) is 0 Å². The van der Waals surface area contributed by atoms with Crippen LogP contribution >= 0.6 is 31.9 Å². The smallest absolute Gasteiger partial charge is 0.0875 e. The van der Waals surface area contributed by atoms with Crippen molar-refractivity contribution >= 4 is 43.2 Å². The summed E-state index contributed by atoms with van der Waals surface area (Å²) in [7, 11) is 0. The van der Waals surface area contributed by atoms with Crippen LogP contribution < -0.4 is 11.0 Å². The highest BCUT2D eigenvalue weighted by molar-refractivity contribution is 9.10. The first-order valence-electron chi connectivity index (χ1n) is 5.17. The van der Waals surface area contributed by atoms with Crippen LogP contribution in [0.1, 0.15) is 0 Å². The number of hydrogen-bond donors (Lipinski definition) is 2. The third-order valence-corrected chi connectivity index (χ3v) is 3.14. The molecule has 4 nitrogen and oxygen atoms in total. The van der Waals surface area contributed by atoms with E-state index >= 15 is 0 Å². The molecule has 0 bridgehead atoms. The van der Waals surface area contributed by atoms with E-state index in [0.29, 0.717) is 0 Å². The maximum absolute atomic E-state index is 4.00. The fraction of sp³-hybridized carbons (Fsp3) is 0. The lowest BCUT2D eigenvalue weighted by Gasteiger charge is -2.03. The molecule has 0 aliphatic carbocycles. The molecular weight excluding hydrogens is 360 g/mol. The Kier molecular flexibility index (Phi) is 4.72. The average molecular weight is 370 g/mol. The minimum absolute atomic E-state index is 0.781. The Bertz CT molecular complexity index is 523. The first-order valence-corrected chi connectivity index (χ1v) is 6.75. The van der Waals surface area contributed by atoms with E-state index in [1.165, 1.54) is 0 Å². The van der Waals surface area contributed by atoms with E-state index in [-0.39, 0.29) is 0 Å². The molecule has 0 atom stereocenters. The molecule has 0 radical (unpaired) electrons. The largest absolute Gasteiger partial charge is 0.284 e. The molecule has 2 aromatic rings. The maximum atomic E-state index is 4.00. The Morgan fingerprint density at radius 2 is 1.33 bits per heavy atom. The molecule has 0 aliphatic heterocycles. The van der Waals surface area contributed by atoms with Crippen LogP contribution in [0, 0.1) is 0 Å². The molecule has 0 spiro atoms. The average Bonchev–Trinajstić information content (AvgIpc) is 2.39. The summed E-state index contributed by atoms with van der Waals surface area (Å²) in [6.07, 6.45) is 0. The molecule has 92 valence electrons. The summed E-state index contributed by atoms with van der Waals surface area (Å²) in [5.41, 5.74) is 7.27. The topological polar surface area (TPSA) is 48.8 Å². The summed E-state index contributed by atoms with van der Waals surface area (Å²) in [6, 6.07) is 15.3. The van der Waals surface area contributed by atoms with E-state index in [2.05, 4.69) is 53.2 Å². The molecule has 0 saturated heterocycles. The monoisotopic (exact) mass is 368 g/mol. The van der Waals surface area contributed by atoms with E-state index in [0.717, 1.165) is 20.3 Å². The van der Waals surface area contributed by atoms with Gasteiger partial charge >= 0.3 is 0 Å². The van der Waals surface area contributed by atoms with E-state index in [1.54, 1.807) is 0 Å². The lowest BCUT2D eigenvalue weighted by molar-refractivity contribution is 0.806. The van der Waals surface area contributed by atoms with Gasteiger partial charge in [-0.15, -0.1) is 5.11 Å². The highest BCUT2D eigenvalue weighted by Gasteiger charge is 1.90. The van der Waals surface area contributed by atoms with Crippen molar-refractivity contribution in [1.82, 2.24) is 5.53 Å². The molecule has 0 fully saturated rings. The van der Waals surface area contributed by atoms with Crippen molar-refractivity contribution in [2.75, 3.05) is 5.43 Å². The summed E-state index contributed by atoms with van der Waals surface area (Å²) < 4.78 is 2.05. The quantitative estimate of drug-likeness (QED) is 0.599. The summed E-state index contributed by atoms with van der Waals surface area (Å²) in [5.74, 6) is 0. The Hall–Kier alpha value is -1.40. The van der Waals surface area contributed by atoms with Crippen molar-refractivity contribution in [3.63, 3.8) is 0 Å². The highest BCUT2D eigenvalue weighted by atomic mass is 79.9. The Morgan fingerprint density at radius 3 is 1.94 bits per heavy atom. The van der Waals surface area contributed by atoms with Gasteiger partial charge in [-0.05, 0) is 48.5 Å². The lowest BCUT2D eigenvalue weighted by atomic mass is 10.3. The third-order valence-electron chi connectivity index (χ3n) is 2.09. The zero-order chi connectivity index (χ0) is 12.8. The molecule has 0 saturated carbocycles. The van der Waals surface area contributed by atoms with Crippen molar-refractivity contribution in [1.29, 1.82) is 0 Å². The number of nitrogens with one attached hydrogen (secondary N) is 2. The van der Waals surface area contributed by atoms with Crippen LogP contribution in [0.25, 0.3) is 0 Å². The van der Waals surface area contributed by atoms with Gasteiger partial charge in [-0.25, -0.2) is 5.53 Å². The zero-order valence-corrected chi connectivity index (χ0v) is 12.4. The second kappa shape index (κ2) is 6.51. The molecule has 0 aromatic heterocycles. The minimum Gasteiger partial charge on any atom is -0.284 e.